The molecule has 1 aliphatic rings. The summed E-state index contributed by atoms with van der Waals surface area (Å²) in [6.07, 6.45) is -5.72. The molecule has 0 aliphatic heterocycles. The first kappa shape index (κ1) is 27.4. The van der Waals surface area contributed by atoms with Gasteiger partial charge < -0.3 is 10.2 Å². The molecule has 2 rings (SSSR count). The molecule has 0 heterocycles. The highest BCUT2D eigenvalue weighted by Gasteiger charge is 2.68. The molecular weight excluding hydrogens is 445 g/mol. The summed E-state index contributed by atoms with van der Waals surface area (Å²) >= 11 is 0. The molecule has 13 heteroatoms. The van der Waals surface area contributed by atoms with E-state index in [1.165, 1.54) is 6.26 Å². The number of hydrogen-bond donors (Lipinski definition) is 0. The third-order valence-corrected chi connectivity index (χ3v) is 3.61. The Hall–Kier alpha value is -2.57. The molecule has 0 saturated heterocycles. The molecule has 2 unspecified atom stereocenters. The Morgan fingerprint density at radius 3 is 1.83 bits per heavy atom. The lowest BCUT2D eigenvalue weighted by Crippen LogP contribution is -2.49. The largest absolute Gasteiger partial charge is 0.502 e. The van der Waals surface area contributed by atoms with Crippen molar-refractivity contribution in [3.63, 3.8) is 0 Å². The van der Waals surface area contributed by atoms with Crippen molar-refractivity contribution < 1.29 is 58.5 Å². The van der Waals surface area contributed by atoms with E-state index in [1.54, 1.807) is 0 Å². The first-order chi connectivity index (χ1) is 13.2. The number of halogens is 11. The van der Waals surface area contributed by atoms with Gasteiger partial charge in [0.25, 0.3) is 5.67 Å². The summed E-state index contributed by atoms with van der Waals surface area (Å²) in [5, 5.41) is 0. The van der Waals surface area contributed by atoms with E-state index in [0.29, 0.717) is 0 Å². The summed E-state index contributed by atoms with van der Waals surface area (Å²) < 4.78 is 151. The highest BCUT2D eigenvalue weighted by atomic mass is 19.4. The van der Waals surface area contributed by atoms with Gasteiger partial charge in [-0.3, -0.25) is 0 Å². The van der Waals surface area contributed by atoms with Crippen LogP contribution in [0.1, 0.15) is 18.4 Å². The Bertz CT molecular complexity index is 819. The standard InChI is InChI=1S/C13H3F11.C4H8O.H2O/c14-3-1-4(15)10(19)7(9(3)18)8-11(20)5(16)2-6(17)12(8,21)13(22,23)24;1-3-5-4-2;/h1-2,8H;3H,1,4H2,2H3;1H2. The summed E-state index contributed by atoms with van der Waals surface area (Å²) in [4.78, 5) is 0. The number of benzene rings is 1. The molecule has 0 amide bonds. The molecule has 2 nitrogen and oxygen atoms in total. The summed E-state index contributed by atoms with van der Waals surface area (Å²) in [7, 11) is 0. The van der Waals surface area contributed by atoms with Crippen molar-refractivity contribution in [2.24, 2.45) is 0 Å². The summed E-state index contributed by atoms with van der Waals surface area (Å²) in [5.74, 6) is -22.0. The lowest BCUT2D eigenvalue weighted by molar-refractivity contribution is -0.229. The van der Waals surface area contributed by atoms with Gasteiger partial charge in [0.2, 0.25) is 0 Å². The summed E-state index contributed by atoms with van der Waals surface area (Å²) in [6.45, 7) is 5.97. The van der Waals surface area contributed by atoms with Crippen LogP contribution in [0.5, 0.6) is 0 Å². The molecule has 0 radical (unpaired) electrons. The van der Waals surface area contributed by atoms with E-state index in [-0.39, 0.29) is 5.48 Å². The lowest BCUT2D eigenvalue weighted by Gasteiger charge is -2.35. The van der Waals surface area contributed by atoms with Crippen LogP contribution in [0.25, 0.3) is 0 Å². The van der Waals surface area contributed by atoms with Gasteiger partial charge in [0, 0.05) is 17.7 Å². The average Bonchev–Trinajstić information content (AvgIpc) is 2.61. The number of alkyl halides is 4. The van der Waals surface area contributed by atoms with E-state index < -0.39 is 76.2 Å². The number of ether oxygens (including phenoxy) is 1. The predicted molar refractivity (Wildman–Crippen MR) is 82.8 cm³/mol. The van der Waals surface area contributed by atoms with E-state index in [0.717, 1.165) is 6.61 Å². The lowest BCUT2D eigenvalue weighted by atomic mass is 9.77. The highest BCUT2D eigenvalue weighted by Crippen LogP contribution is 2.56. The van der Waals surface area contributed by atoms with Crippen LogP contribution >= 0.6 is 0 Å². The molecule has 1 aliphatic carbocycles. The molecule has 0 spiro atoms. The zero-order valence-corrected chi connectivity index (χ0v) is 14.8. The Balaban J connectivity index is 0.00000125. The van der Waals surface area contributed by atoms with E-state index >= 15 is 0 Å². The number of rotatable bonds is 3. The van der Waals surface area contributed by atoms with Crippen molar-refractivity contribution in [1.29, 1.82) is 0 Å². The minimum atomic E-state index is -6.34. The minimum Gasteiger partial charge on any atom is -0.502 e. The second-order valence-electron chi connectivity index (χ2n) is 5.33. The van der Waals surface area contributed by atoms with Crippen molar-refractivity contribution in [3.8, 4) is 0 Å². The van der Waals surface area contributed by atoms with Gasteiger partial charge in [0.05, 0.1) is 18.8 Å². The predicted octanol–water partition coefficient (Wildman–Crippen LogP) is 5.96. The topological polar surface area (TPSA) is 40.7 Å². The van der Waals surface area contributed by atoms with Crippen LogP contribution in [0.4, 0.5) is 48.3 Å². The van der Waals surface area contributed by atoms with Crippen LogP contribution in [-0.2, 0) is 4.74 Å². The average molecular weight is 458 g/mol. The van der Waals surface area contributed by atoms with Crippen LogP contribution in [0.15, 0.2) is 42.5 Å². The van der Waals surface area contributed by atoms with Gasteiger partial charge >= 0.3 is 6.18 Å². The fourth-order valence-electron chi connectivity index (χ4n) is 2.32. The molecule has 0 bridgehead atoms. The molecule has 170 valence electrons. The van der Waals surface area contributed by atoms with Crippen molar-refractivity contribution in [3.05, 3.63) is 71.3 Å². The maximum atomic E-state index is 14.3. The Morgan fingerprint density at radius 2 is 1.50 bits per heavy atom. The maximum Gasteiger partial charge on any atom is 0.430 e. The number of allylic oxidation sites excluding steroid dienone is 4. The van der Waals surface area contributed by atoms with Crippen molar-refractivity contribution in [2.75, 3.05) is 6.61 Å². The SMILES string of the molecule is C=COCC.FC1=CC(F)=C(F)C(c2c(F)c(F)cc(F)c2F)C1(F)C(F)(F)F.O. The molecule has 0 saturated carbocycles. The molecular formula is C17H13F11O2. The van der Waals surface area contributed by atoms with E-state index in [4.69, 9.17) is 0 Å². The fraction of sp³-hybridized carbons (Fsp3) is 0.294. The number of hydrogen-bond acceptors (Lipinski definition) is 1. The van der Waals surface area contributed by atoms with Crippen LogP contribution < -0.4 is 0 Å². The summed E-state index contributed by atoms with van der Waals surface area (Å²) in [6, 6.07) is -0.450. The Morgan fingerprint density at radius 1 is 1.03 bits per heavy atom. The van der Waals surface area contributed by atoms with Crippen molar-refractivity contribution >= 4 is 0 Å². The Labute approximate surface area is 162 Å². The zero-order chi connectivity index (χ0) is 22.7. The van der Waals surface area contributed by atoms with Crippen molar-refractivity contribution in [1.82, 2.24) is 0 Å². The minimum absolute atomic E-state index is 0. The molecule has 30 heavy (non-hydrogen) atoms. The van der Waals surface area contributed by atoms with E-state index in [2.05, 4.69) is 11.3 Å². The van der Waals surface area contributed by atoms with Gasteiger partial charge in [-0.1, -0.05) is 6.58 Å². The highest BCUT2D eigenvalue weighted by molar-refractivity contribution is 5.45. The monoisotopic (exact) mass is 458 g/mol. The fourth-order valence-corrected chi connectivity index (χ4v) is 2.32. The van der Waals surface area contributed by atoms with Crippen LogP contribution in [0.2, 0.25) is 0 Å². The normalized spacial score (nSPS) is 21.2. The molecule has 1 aromatic carbocycles. The third-order valence-electron chi connectivity index (χ3n) is 3.61. The first-order valence-corrected chi connectivity index (χ1v) is 7.49. The first-order valence-electron chi connectivity index (χ1n) is 7.49. The molecule has 2 atom stereocenters. The maximum absolute atomic E-state index is 14.3. The van der Waals surface area contributed by atoms with Crippen LogP contribution in [-0.4, -0.2) is 23.9 Å². The summed E-state index contributed by atoms with van der Waals surface area (Å²) in [5.41, 5.74) is -7.95. The van der Waals surface area contributed by atoms with Gasteiger partial charge in [-0.05, 0) is 6.92 Å². The van der Waals surface area contributed by atoms with Crippen LogP contribution in [0, 0.1) is 23.3 Å². The van der Waals surface area contributed by atoms with Crippen molar-refractivity contribution in [2.45, 2.75) is 24.7 Å². The van der Waals surface area contributed by atoms with Gasteiger partial charge in [0.15, 0.2) is 34.9 Å². The molecule has 0 fully saturated rings. The van der Waals surface area contributed by atoms with E-state index in [1.807, 2.05) is 6.92 Å². The van der Waals surface area contributed by atoms with Crippen LogP contribution in [0.3, 0.4) is 0 Å². The third kappa shape index (κ3) is 4.77. The Kier molecular flexibility index (Phi) is 9.10. The van der Waals surface area contributed by atoms with Gasteiger partial charge in [-0.2, -0.15) is 13.2 Å². The zero-order valence-electron chi connectivity index (χ0n) is 14.8. The second kappa shape index (κ2) is 9.96. The smallest absolute Gasteiger partial charge is 0.430 e. The molecule has 2 N–H and O–H groups in total. The second-order valence-corrected chi connectivity index (χ2v) is 5.33. The van der Waals surface area contributed by atoms with Gasteiger partial charge in [-0.15, -0.1) is 0 Å². The molecule has 1 aromatic rings. The van der Waals surface area contributed by atoms with Gasteiger partial charge in [0.1, 0.15) is 5.83 Å². The van der Waals surface area contributed by atoms with Gasteiger partial charge in [-0.25, -0.2) is 35.1 Å². The van der Waals surface area contributed by atoms with E-state index in [9.17, 15) is 48.3 Å². The quantitative estimate of drug-likeness (QED) is 0.313. The molecule has 0 aromatic heterocycles.